The van der Waals surface area contributed by atoms with Gasteiger partial charge in [-0.25, -0.2) is 0 Å². The van der Waals surface area contributed by atoms with Gasteiger partial charge in [0.05, 0.1) is 6.42 Å². The summed E-state index contributed by atoms with van der Waals surface area (Å²) >= 11 is 0. The zero-order valence-corrected chi connectivity index (χ0v) is 13.0. The van der Waals surface area contributed by atoms with Crippen molar-refractivity contribution in [1.82, 2.24) is 4.90 Å². The second kappa shape index (κ2) is 8.90. The fraction of sp³-hybridized carbons (Fsp3) is 0.533. The first-order valence-corrected chi connectivity index (χ1v) is 7.13. The minimum atomic E-state index is -2.84. The second-order valence-corrected chi connectivity index (χ2v) is 5.17. The fourth-order valence-electron chi connectivity index (χ4n) is 2.64. The first-order valence-electron chi connectivity index (χ1n) is 7.13. The molecule has 22 heavy (non-hydrogen) atoms. The summed E-state index contributed by atoms with van der Waals surface area (Å²) in [7, 11) is 0. The maximum absolute atomic E-state index is 12.3. The quantitative estimate of drug-likeness (QED) is 0.900. The van der Waals surface area contributed by atoms with Gasteiger partial charge in [-0.05, 0) is 37.0 Å². The van der Waals surface area contributed by atoms with Crippen LogP contribution in [0.4, 0.5) is 8.78 Å². The largest absolute Gasteiger partial charge is 0.435 e. The Kier molecular flexibility index (Phi) is 7.55. The molecule has 0 bridgehead atoms. The molecule has 0 spiro atoms. The normalized spacial score (nSPS) is 18.0. The molecular weight excluding hydrogens is 314 g/mol. The lowest BCUT2D eigenvalue weighted by Gasteiger charge is -2.35. The zero-order chi connectivity index (χ0) is 15.2. The number of piperidine rings is 1. The molecule has 1 aromatic carbocycles. The Morgan fingerprint density at radius 1 is 1.32 bits per heavy atom. The molecular formula is C15H21ClF2N2O2. The topological polar surface area (TPSA) is 55.6 Å². The molecule has 2 N–H and O–H groups in total. The van der Waals surface area contributed by atoms with E-state index in [1.54, 1.807) is 12.1 Å². The molecule has 0 radical (unpaired) electrons. The van der Waals surface area contributed by atoms with Crippen LogP contribution >= 0.6 is 12.4 Å². The van der Waals surface area contributed by atoms with Crippen LogP contribution in [0, 0.1) is 0 Å². The van der Waals surface area contributed by atoms with Crippen molar-refractivity contribution >= 4 is 18.3 Å². The third-order valence-corrected chi connectivity index (χ3v) is 3.72. The lowest BCUT2D eigenvalue weighted by molar-refractivity contribution is -0.133. The number of hydrogen-bond acceptors (Lipinski definition) is 3. The summed E-state index contributed by atoms with van der Waals surface area (Å²) in [5, 5.41) is 0. The molecule has 0 aliphatic carbocycles. The lowest BCUT2D eigenvalue weighted by Crippen LogP contribution is -2.48. The molecule has 1 fully saturated rings. The molecule has 1 atom stereocenters. The summed E-state index contributed by atoms with van der Waals surface area (Å²) < 4.78 is 28.4. The summed E-state index contributed by atoms with van der Waals surface area (Å²) in [4.78, 5) is 14.2. The Labute approximate surface area is 135 Å². The minimum absolute atomic E-state index is 0. The van der Waals surface area contributed by atoms with Crippen molar-refractivity contribution in [2.75, 3.05) is 13.1 Å². The first-order chi connectivity index (χ1) is 10.1. The van der Waals surface area contributed by atoms with Crippen LogP contribution < -0.4 is 10.5 Å². The van der Waals surface area contributed by atoms with Crippen LogP contribution in [0.5, 0.6) is 5.75 Å². The molecule has 1 unspecified atom stereocenters. The van der Waals surface area contributed by atoms with E-state index in [9.17, 15) is 13.6 Å². The third kappa shape index (κ3) is 5.10. The van der Waals surface area contributed by atoms with E-state index in [1.165, 1.54) is 12.1 Å². The van der Waals surface area contributed by atoms with Crippen LogP contribution in [0.2, 0.25) is 0 Å². The molecule has 1 aliphatic heterocycles. The zero-order valence-electron chi connectivity index (χ0n) is 12.2. The second-order valence-electron chi connectivity index (χ2n) is 5.17. The maximum atomic E-state index is 12.3. The highest BCUT2D eigenvalue weighted by molar-refractivity contribution is 5.85. The number of amides is 1. The van der Waals surface area contributed by atoms with E-state index in [1.807, 2.05) is 4.90 Å². The molecule has 0 aromatic heterocycles. The van der Waals surface area contributed by atoms with Crippen molar-refractivity contribution < 1.29 is 18.3 Å². The van der Waals surface area contributed by atoms with Gasteiger partial charge >= 0.3 is 6.61 Å². The van der Waals surface area contributed by atoms with Gasteiger partial charge in [0, 0.05) is 19.1 Å². The molecule has 124 valence electrons. The standard InChI is InChI=1S/C15H20F2N2O2.ClH/c16-15(17)21-13-6-4-11(5-7-13)9-14(20)19-8-2-1-3-12(19)10-18;/h4-7,12,15H,1-3,8-10,18H2;1H. The Morgan fingerprint density at radius 3 is 2.59 bits per heavy atom. The van der Waals surface area contributed by atoms with Crippen molar-refractivity contribution in [1.29, 1.82) is 0 Å². The van der Waals surface area contributed by atoms with Crippen LogP contribution in [-0.2, 0) is 11.2 Å². The van der Waals surface area contributed by atoms with E-state index in [-0.39, 0.29) is 36.5 Å². The summed E-state index contributed by atoms with van der Waals surface area (Å²) in [6.45, 7) is -1.61. The number of ether oxygens (including phenoxy) is 1. The number of carbonyl (C=O) groups excluding carboxylic acids is 1. The number of rotatable bonds is 5. The lowest BCUT2D eigenvalue weighted by atomic mass is 10.0. The van der Waals surface area contributed by atoms with Gasteiger partial charge in [0.25, 0.3) is 0 Å². The average molecular weight is 335 g/mol. The molecule has 4 nitrogen and oxygen atoms in total. The highest BCUT2D eigenvalue weighted by atomic mass is 35.5. The fourth-order valence-corrected chi connectivity index (χ4v) is 2.64. The van der Waals surface area contributed by atoms with Crippen LogP contribution in [0.15, 0.2) is 24.3 Å². The number of halogens is 3. The smallest absolute Gasteiger partial charge is 0.387 e. The number of likely N-dealkylation sites (tertiary alicyclic amines) is 1. The molecule has 2 rings (SSSR count). The summed E-state index contributed by atoms with van der Waals surface area (Å²) in [5.41, 5.74) is 6.49. The summed E-state index contributed by atoms with van der Waals surface area (Å²) in [6.07, 6.45) is 3.31. The molecule has 1 aliphatic rings. The van der Waals surface area contributed by atoms with Crippen molar-refractivity contribution in [3.05, 3.63) is 29.8 Å². The van der Waals surface area contributed by atoms with E-state index >= 15 is 0 Å². The number of nitrogens with two attached hydrogens (primary N) is 1. The van der Waals surface area contributed by atoms with Gasteiger partial charge in [-0.3, -0.25) is 4.79 Å². The number of benzene rings is 1. The molecule has 7 heteroatoms. The molecule has 1 aromatic rings. The van der Waals surface area contributed by atoms with Crippen LogP contribution in [0.3, 0.4) is 0 Å². The van der Waals surface area contributed by atoms with Crippen molar-refractivity contribution in [3.8, 4) is 5.75 Å². The van der Waals surface area contributed by atoms with Crippen molar-refractivity contribution in [2.45, 2.75) is 38.3 Å². The number of alkyl halides is 2. The molecule has 1 saturated heterocycles. The predicted octanol–water partition coefficient (Wildman–Crippen LogP) is 2.59. The van der Waals surface area contributed by atoms with E-state index in [0.29, 0.717) is 6.54 Å². The van der Waals surface area contributed by atoms with Crippen LogP contribution in [-0.4, -0.2) is 36.5 Å². The van der Waals surface area contributed by atoms with Crippen molar-refractivity contribution in [2.24, 2.45) is 5.73 Å². The highest BCUT2D eigenvalue weighted by Crippen LogP contribution is 2.19. The monoisotopic (exact) mass is 334 g/mol. The Balaban J connectivity index is 0.00000242. The Morgan fingerprint density at radius 2 is 2.00 bits per heavy atom. The average Bonchev–Trinajstić information content (AvgIpc) is 2.48. The predicted molar refractivity (Wildman–Crippen MR) is 82.4 cm³/mol. The maximum Gasteiger partial charge on any atom is 0.387 e. The van der Waals surface area contributed by atoms with Gasteiger partial charge in [0.2, 0.25) is 5.91 Å². The van der Waals surface area contributed by atoms with Gasteiger partial charge in [0.1, 0.15) is 5.75 Å². The first kappa shape index (κ1) is 18.6. The van der Waals surface area contributed by atoms with Crippen LogP contribution in [0.1, 0.15) is 24.8 Å². The summed E-state index contributed by atoms with van der Waals surface area (Å²) in [6, 6.07) is 6.29. The van der Waals surface area contributed by atoms with E-state index in [0.717, 1.165) is 31.4 Å². The van der Waals surface area contributed by atoms with E-state index < -0.39 is 6.61 Å². The number of carbonyl (C=O) groups is 1. The SMILES string of the molecule is Cl.NCC1CCCCN1C(=O)Cc1ccc(OC(F)F)cc1. The van der Waals surface area contributed by atoms with Crippen LogP contribution in [0.25, 0.3) is 0 Å². The van der Waals surface area contributed by atoms with Gasteiger partial charge in [-0.15, -0.1) is 12.4 Å². The number of nitrogens with zero attached hydrogens (tertiary/aromatic N) is 1. The van der Waals surface area contributed by atoms with E-state index in [2.05, 4.69) is 4.74 Å². The minimum Gasteiger partial charge on any atom is -0.435 e. The number of hydrogen-bond donors (Lipinski definition) is 1. The Hall–Kier alpha value is -1.40. The Bertz CT molecular complexity index is 471. The molecule has 1 heterocycles. The van der Waals surface area contributed by atoms with Gasteiger partial charge in [-0.1, -0.05) is 12.1 Å². The van der Waals surface area contributed by atoms with E-state index in [4.69, 9.17) is 5.73 Å². The molecule has 0 saturated carbocycles. The molecule has 1 amide bonds. The van der Waals surface area contributed by atoms with Gasteiger partial charge in [-0.2, -0.15) is 8.78 Å². The van der Waals surface area contributed by atoms with Gasteiger partial charge < -0.3 is 15.4 Å². The van der Waals surface area contributed by atoms with Crippen molar-refractivity contribution in [3.63, 3.8) is 0 Å². The third-order valence-electron chi connectivity index (χ3n) is 3.72. The highest BCUT2D eigenvalue weighted by Gasteiger charge is 2.25. The van der Waals surface area contributed by atoms with Gasteiger partial charge in [0.15, 0.2) is 0 Å². The summed E-state index contributed by atoms with van der Waals surface area (Å²) in [5.74, 6) is 0.131.